The van der Waals surface area contributed by atoms with E-state index in [0.717, 1.165) is 41.4 Å². The summed E-state index contributed by atoms with van der Waals surface area (Å²) in [5, 5.41) is 5.01. The highest BCUT2D eigenvalue weighted by Gasteiger charge is 2.30. The Hall–Kier alpha value is -3.47. The summed E-state index contributed by atoms with van der Waals surface area (Å²) in [6.45, 7) is 0.763. The van der Waals surface area contributed by atoms with Crippen molar-refractivity contribution >= 4 is 16.8 Å². The van der Waals surface area contributed by atoms with Crippen LogP contribution in [-0.2, 0) is 0 Å². The smallest absolute Gasteiger partial charge is 0.254 e. The third kappa shape index (κ3) is 2.85. The number of amides is 1. The fraction of sp³-hybridized carbons (Fsp3) is 0.174. The molecule has 0 saturated carbocycles. The minimum atomic E-state index is 0.0430. The lowest BCUT2D eigenvalue weighted by Crippen LogP contribution is -2.30. The lowest BCUT2D eigenvalue weighted by molar-refractivity contribution is 0.0736. The number of carbonyl (C=O) groups is 1. The molecule has 5 heteroatoms. The fourth-order valence-electron chi connectivity index (χ4n) is 3.98. The Morgan fingerprint density at radius 2 is 1.86 bits per heavy atom. The van der Waals surface area contributed by atoms with Crippen molar-refractivity contribution in [3.63, 3.8) is 0 Å². The zero-order valence-electron chi connectivity index (χ0n) is 15.3. The van der Waals surface area contributed by atoms with E-state index in [-0.39, 0.29) is 11.9 Å². The summed E-state index contributed by atoms with van der Waals surface area (Å²) in [6, 6.07) is 19.5. The molecule has 5 rings (SSSR count). The molecule has 1 unspecified atom stereocenters. The van der Waals surface area contributed by atoms with E-state index in [4.69, 9.17) is 4.52 Å². The first-order chi connectivity index (χ1) is 13.8. The highest BCUT2D eigenvalue weighted by Crippen LogP contribution is 2.34. The fourth-order valence-corrected chi connectivity index (χ4v) is 3.98. The van der Waals surface area contributed by atoms with Gasteiger partial charge in [0.25, 0.3) is 5.91 Å². The zero-order valence-corrected chi connectivity index (χ0v) is 15.3. The van der Waals surface area contributed by atoms with Gasteiger partial charge in [0, 0.05) is 30.1 Å². The zero-order chi connectivity index (χ0) is 18.9. The maximum atomic E-state index is 13.3. The van der Waals surface area contributed by atoms with Crippen LogP contribution in [0.25, 0.3) is 22.2 Å². The molecular formula is C23H19N3O2. The van der Waals surface area contributed by atoms with Crippen molar-refractivity contribution in [2.75, 3.05) is 6.54 Å². The van der Waals surface area contributed by atoms with Crippen molar-refractivity contribution in [3.8, 4) is 11.3 Å². The van der Waals surface area contributed by atoms with E-state index in [1.807, 2.05) is 65.6 Å². The number of aromatic nitrogens is 2. The molecule has 3 heterocycles. The molecule has 0 N–H and O–H groups in total. The maximum absolute atomic E-state index is 13.3. The second kappa shape index (κ2) is 6.93. The molecule has 138 valence electrons. The van der Waals surface area contributed by atoms with Crippen LogP contribution in [0.15, 0.2) is 77.6 Å². The van der Waals surface area contributed by atoms with Gasteiger partial charge in [-0.1, -0.05) is 35.5 Å². The van der Waals surface area contributed by atoms with Gasteiger partial charge in [-0.2, -0.15) is 0 Å². The molecule has 0 bridgehead atoms. The van der Waals surface area contributed by atoms with Gasteiger partial charge >= 0.3 is 0 Å². The number of pyridine rings is 1. The summed E-state index contributed by atoms with van der Waals surface area (Å²) in [6.07, 6.45) is 5.54. The van der Waals surface area contributed by atoms with Crippen LogP contribution in [0.3, 0.4) is 0 Å². The predicted molar refractivity (Wildman–Crippen MR) is 107 cm³/mol. The molecule has 4 aromatic rings. The van der Waals surface area contributed by atoms with Crippen molar-refractivity contribution in [3.05, 3.63) is 84.2 Å². The van der Waals surface area contributed by atoms with Gasteiger partial charge in [-0.3, -0.25) is 9.78 Å². The number of hydrogen-bond acceptors (Lipinski definition) is 4. The summed E-state index contributed by atoms with van der Waals surface area (Å²) in [5.74, 6) is 0.735. The second-order valence-electron chi connectivity index (χ2n) is 7.05. The van der Waals surface area contributed by atoms with Crippen LogP contribution in [-0.4, -0.2) is 27.5 Å². The number of likely N-dealkylation sites (tertiary alicyclic amines) is 1. The third-order valence-corrected chi connectivity index (χ3v) is 5.36. The average Bonchev–Trinajstić information content (AvgIpc) is 3.41. The van der Waals surface area contributed by atoms with Crippen LogP contribution in [0.4, 0.5) is 0 Å². The SMILES string of the molecule is O=C(c1ccc2noc(-c3ccccc3)c2c1)N1CCCC1c1ccncc1. The van der Waals surface area contributed by atoms with Crippen molar-refractivity contribution < 1.29 is 9.32 Å². The Morgan fingerprint density at radius 3 is 2.68 bits per heavy atom. The molecule has 28 heavy (non-hydrogen) atoms. The quantitative estimate of drug-likeness (QED) is 0.517. The molecule has 1 fully saturated rings. The minimum Gasteiger partial charge on any atom is -0.355 e. The van der Waals surface area contributed by atoms with Gasteiger partial charge in [-0.05, 0) is 48.7 Å². The van der Waals surface area contributed by atoms with Crippen molar-refractivity contribution in [2.45, 2.75) is 18.9 Å². The first kappa shape index (κ1) is 16.7. The number of carbonyl (C=O) groups excluding carboxylic acids is 1. The summed E-state index contributed by atoms with van der Waals surface area (Å²) in [5.41, 5.74) is 3.50. The van der Waals surface area contributed by atoms with Crippen LogP contribution in [0.1, 0.15) is 34.8 Å². The molecule has 0 radical (unpaired) electrons. The highest BCUT2D eigenvalue weighted by atomic mass is 16.5. The van der Waals surface area contributed by atoms with E-state index in [9.17, 15) is 4.79 Å². The summed E-state index contributed by atoms with van der Waals surface area (Å²) in [7, 11) is 0. The Bertz CT molecular complexity index is 1120. The normalized spacial score (nSPS) is 16.6. The molecule has 5 nitrogen and oxygen atoms in total. The molecular weight excluding hydrogens is 350 g/mol. The van der Waals surface area contributed by atoms with Crippen LogP contribution in [0.2, 0.25) is 0 Å². The number of benzene rings is 2. The van der Waals surface area contributed by atoms with Gasteiger partial charge in [-0.25, -0.2) is 0 Å². The second-order valence-corrected chi connectivity index (χ2v) is 7.05. The van der Waals surface area contributed by atoms with E-state index >= 15 is 0 Å². The lowest BCUT2D eigenvalue weighted by atomic mass is 10.0. The number of hydrogen-bond donors (Lipinski definition) is 0. The first-order valence-electron chi connectivity index (χ1n) is 9.47. The molecule has 1 aliphatic rings. The molecule has 1 aliphatic heterocycles. The number of fused-ring (bicyclic) bond motifs is 1. The molecule has 1 amide bonds. The van der Waals surface area contributed by atoms with Gasteiger partial charge in [-0.15, -0.1) is 0 Å². The molecule has 0 aliphatic carbocycles. The van der Waals surface area contributed by atoms with Gasteiger partial charge in [0.05, 0.1) is 11.4 Å². The van der Waals surface area contributed by atoms with E-state index in [0.29, 0.717) is 11.3 Å². The van der Waals surface area contributed by atoms with Crippen LogP contribution >= 0.6 is 0 Å². The van der Waals surface area contributed by atoms with E-state index in [2.05, 4.69) is 10.1 Å². The third-order valence-electron chi connectivity index (χ3n) is 5.36. The van der Waals surface area contributed by atoms with Gasteiger partial charge in [0.1, 0.15) is 5.52 Å². The predicted octanol–water partition coefficient (Wildman–Crippen LogP) is 4.87. The molecule has 2 aromatic heterocycles. The maximum Gasteiger partial charge on any atom is 0.254 e. The Labute approximate surface area is 162 Å². The summed E-state index contributed by atoms with van der Waals surface area (Å²) >= 11 is 0. The Kier molecular flexibility index (Phi) is 4.13. The van der Waals surface area contributed by atoms with Gasteiger partial charge in [0.2, 0.25) is 0 Å². The largest absolute Gasteiger partial charge is 0.355 e. The molecule has 0 spiro atoms. The monoisotopic (exact) mass is 369 g/mol. The topological polar surface area (TPSA) is 59.2 Å². The van der Waals surface area contributed by atoms with E-state index in [1.54, 1.807) is 12.4 Å². The van der Waals surface area contributed by atoms with E-state index in [1.165, 1.54) is 0 Å². The highest BCUT2D eigenvalue weighted by molar-refractivity contribution is 6.01. The summed E-state index contributed by atoms with van der Waals surface area (Å²) < 4.78 is 5.57. The summed E-state index contributed by atoms with van der Waals surface area (Å²) in [4.78, 5) is 19.4. The molecule has 1 atom stereocenters. The standard InChI is InChI=1S/C23H19N3O2/c27-23(26-14-4-7-21(26)16-10-12-24-13-11-16)18-8-9-20-19(15-18)22(28-25-20)17-5-2-1-3-6-17/h1-3,5-6,8-13,15,21H,4,7,14H2. The number of nitrogens with zero attached hydrogens (tertiary/aromatic N) is 3. The number of rotatable bonds is 3. The Balaban J connectivity index is 1.51. The van der Waals surface area contributed by atoms with E-state index < -0.39 is 0 Å². The average molecular weight is 369 g/mol. The first-order valence-corrected chi connectivity index (χ1v) is 9.47. The lowest BCUT2D eigenvalue weighted by Gasteiger charge is -2.25. The molecule has 1 saturated heterocycles. The minimum absolute atomic E-state index is 0.0430. The van der Waals surface area contributed by atoms with Crippen molar-refractivity contribution in [2.24, 2.45) is 0 Å². The van der Waals surface area contributed by atoms with Crippen molar-refractivity contribution in [1.82, 2.24) is 15.0 Å². The molecule has 2 aromatic carbocycles. The van der Waals surface area contributed by atoms with Gasteiger partial charge < -0.3 is 9.42 Å². The van der Waals surface area contributed by atoms with Crippen LogP contribution in [0, 0.1) is 0 Å². The Morgan fingerprint density at radius 1 is 1.04 bits per heavy atom. The van der Waals surface area contributed by atoms with Crippen LogP contribution in [0.5, 0.6) is 0 Å². The van der Waals surface area contributed by atoms with Crippen LogP contribution < -0.4 is 0 Å². The van der Waals surface area contributed by atoms with Crippen molar-refractivity contribution in [1.29, 1.82) is 0 Å². The van der Waals surface area contributed by atoms with Gasteiger partial charge in [0.15, 0.2) is 5.76 Å².